The van der Waals surface area contributed by atoms with E-state index in [-0.39, 0.29) is 25.7 Å². The number of hydrogen-bond acceptors (Lipinski definition) is 7. The predicted molar refractivity (Wildman–Crippen MR) is 106 cm³/mol. The largest absolute Gasteiger partial charge is 0.467 e. The fourth-order valence-corrected chi connectivity index (χ4v) is 4.15. The predicted octanol–water partition coefficient (Wildman–Crippen LogP) is 3.86. The minimum Gasteiger partial charge on any atom is -0.467 e. The van der Waals surface area contributed by atoms with Gasteiger partial charge in [0.05, 0.1) is 22.6 Å². The number of fused-ring (bicyclic) bond motifs is 3. The van der Waals surface area contributed by atoms with Gasteiger partial charge in [-0.3, -0.25) is 15.1 Å². The Labute approximate surface area is 171 Å². The highest BCUT2D eigenvalue weighted by Crippen LogP contribution is 2.34. The molecular formula is C22H18N2O6. The minimum atomic E-state index is -0.483. The Morgan fingerprint density at radius 2 is 2.10 bits per heavy atom. The molecule has 8 heteroatoms. The second-order valence-electron chi connectivity index (χ2n) is 7.32. The molecule has 3 aromatic rings. The van der Waals surface area contributed by atoms with Crippen molar-refractivity contribution in [2.75, 3.05) is 6.79 Å². The molecule has 30 heavy (non-hydrogen) atoms. The summed E-state index contributed by atoms with van der Waals surface area (Å²) in [5.41, 5.74) is 4.10. The van der Waals surface area contributed by atoms with Crippen LogP contribution in [-0.4, -0.2) is 22.7 Å². The van der Waals surface area contributed by atoms with Gasteiger partial charge in [-0.25, -0.2) is 4.79 Å². The monoisotopic (exact) mass is 406 g/mol. The molecule has 0 amide bonds. The number of carbonyl (C=O) groups is 1. The van der Waals surface area contributed by atoms with E-state index in [1.54, 1.807) is 0 Å². The number of aryl methyl sites for hydroxylation is 1. The first-order valence-corrected chi connectivity index (χ1v) is 9.70. The van der Waals surface area contributed by atoms with E-state index in [0.717, 1.165) is 41.4 Å². The van der Waals surface area contributed by atoms with E-state index < -0.39 is 10.9 Å². The molecule has 1 aliphatic carbocycles. The van der Waals surface area contributed by atoms with Gasteiger partial charge >= 0.3 is 5.97 Å². The lowest BCUT2D eigenvalue weighted by Crippen LogP contribution is -2.15. The number of non-ortho nitro benzene ring substituents is 1. The number of nitro benzene ring substituents is 1. The third-order valence-corrected chi connectivity index (χ3v) is 5.46. The molecule has 1 aromatic heterocycles. The lowest BCUT2D eigenvalue weighted by atomic mass is 10.0. The average Bonchev–Trinajstić information content (AvgIpc) is 3.23. The van der Waals surface area contributed by atoms with E-state index in [4.69, 9.17) is 14.2 Å². The molecule has 2 heterocycles. The Bertz CT molecular complexity index is 1190. The van der Waals surface area contributed by atoms with Crippen LogP contribution in [0.2, 0.25) is 0 Å². The number of hydrogen-bond donors (Lipinski definition) is 0. The van der Waals surface area contributed by atoms with Crippen molar-refractivity contribution in [1.29, 1.82) is 0 Å². The quantitative estimate of drug-likeness (QED) is 0.368. The smallest absolute Gasteiger partial charge is 0.339 e. The van der Waals surface area contributed by atoms with Crippen molar-refractivity contribution in [2.24, 2.45) is 0 Å². The van der Waals surface area contributed by atoms with E-state index in [2.05, 4.69) is 4.98 Å². The fraction of sp³-hybridized carbons (Fsp3) is 0.273. The van der Waals surface area contributed by atoms with E-state index in [1.807, 2.05) is 24.3 Å². The number of nitrogens with zero attached hydrogens (tertiary/aromatic N) is 2. The van der Waals surface area contributed by atoms with Crippen molar-refractivity contribution in [2.45, 2.75) is 32.5 Å². The highest BCUT2D eigenvalue weighted by molar-refractivity contribution is 6.05. The molecule has 1 aliphatic heterocycles. The van der Waals surface area contributed by atoms with Gasteiger partial charge < -0.3 is 14.2 Å². The van der Waals surface area contributed by atoms with Gasteiger partial charge in [-0.15, -0.1) is 0 Å². The standard InChI is InChI=1S/C22H18N2O6/c25-22(20-16-4-1-2-6-18(16)23-19-7-3-5-17(19)20)29-11-14-9-15(24(26)27)8-13-10-28-12-30-21(13)14/h1-2,4,6,8-9H,3,5,7,10-12H2. The Kier molecular flexibility index (Phi) is 4.55. The van der Waals surface area contributed by atoms with Crippen molar-refractivity contribution in [1.82, 2.24) is 4.98 Å². The maximum absolute atomic E-state index is 13.1. The summed E-state index contributed by atoms with van der Waals surface area (Å²) in [5.74, 6) is 0.0172. The first-order chi connectivity index (χ1) is 14.6. The highest BCUT2D eigenvalue weighted by Gasteiger charge is 2.26. The fourth-order valence-electron chi connectivity index (χ4n) is 4.15. The van der Waals surface area contributed by atoms with Crippen LogP contribution in [0.25, 0.3) is 10.9 Å². The van der Waals surface area contributed by atoms with Crippen LogP contribution in [0.3, 0.4) is 0 Å². The Morgan fingerprint density at radius 3 is 2.97 bits per heavy atom. The molecule has 8 nitrogen and oxygen atoms in total. The topological polar surface area (TPSA) is 101 Å². The molecule has 0 saturated carbocycles. The number of ether oxygens (including phenoxy) is 3. The zero-order valence-corrected chi connectivity index (χ0v) is 16.1. The molecule has 0 saturated heterocycles. The van der Waals surface area contributed by atoms with Gasteiger partial charge in [-0.2, -0.15) is 0 Å². The lowest BCUT2D eigenvalue weighted by Gasteiger charge is -2.20. The Balaban J connectivity index is 1.50. The molecule has 0 fully saturated rings. The summed E-state index contributed by atoms with van der Waals surface area (Å²) in [4.78, 5) is 28.6. The molecule has 0 N–H and O–H groups in total. The van der Waals surface area contributed by atoms with Crippen LogP contribution < -0.4 is 4.74 Å². The van der Waals surface area contributed by atoms with Gasteiger partial charge in [0.25, 0.3) is 5.69 Å². The van der Waals surface area contributed by atoms with Gasteiger partial charge in [0.2, 0.25) is 0 Å². The Morgan fingerprint density at radius 1 is 1.23 bits per heavy atom. The zero-order chi connectivity index (χ0) is 20.7. The van der Waals surface area contributed by atoms with E-state index >= 15 is 0 Å². The molecule has 0 bridgehead atoms. The maximum Gasteiger partial charge on any atom is 0.339 e. The number of pyridine rings is 1. The number of benzene rings is 2. The molecule has 0 radical (unpaired) electrons. The molecule has 0 spiro atoms. The van der Waals surface area contributed by atoms with Crippen LogP contribution in [0.1, 0.15) is 39.2 Å². The van der Waals surface area contributed by atoms with Crippen molar-refractivity contribution in [3.8, 4) is 5.75 Å². The van der Waals surface area contributed by atoms with Crippen LogP contribution in [0.5, 0.6) is 5.75 Å². The van der Waals surface area contributed by atoms with Crippen molar-refractivity contribution < 1.29 is 23.9 Å². The zero-order valence-electron chi connectivity index (χ0n) is 16.1. The van der Waals surface area contributed by atoms with E-state index in [9.17, 15) is 14.9 Å². The summed E-state index contributed by atoms with van der Waals surface area (Å²) >= 11 is 0. The van der Waals surface area contributed by atoms with Crippen molar-refractivity contribution >= 4 is 22.6 Å². The summed E-state index contributed by atoms with van der Waals surface area (Å²) in [6.45, 7) is 0.128. The van der Waals surface area contributed by atoms with Gasteiger partial charge in [0.1, 0.15) is 12.4 Å². The van der Waals surface area contributed by atoms with E-state index in [1.165, 1.54) is 12.1 Å². The number of aromatic nitrogens is 1. The van der Waals surface area contributed by atoms with E-state index in [0.29, 0.717) is 22.4 Å². The molecule has 2 aromatic carbocycles. The first kappa shape index (κ1) is 18.5. The van der Waals surface area contributed by atoms with Crippen LogP contribution in [0.4, 0.5) is 5.69 Å². The normalized spacial score (nSPS) is 14.7. The van der Waals surface area contributed by atoms with Crippen LogP contribution in [-0.2, 0) is 35.5 Å². The first-order valence-electron chi connectivity index (χ1n) is 9.70. The van der Waals surface area contributed by atoms with Crippen LogP contribution in [0.15, 0.2) is 36.4 Å². The number of esters is 1. The number of rotatable bonds is 4. The second kappa shape index (κ2) is 7.38. The van der Waals surface area contributed by atoms with Crippen molar-refractivity contribution in [3.05, 3.63) is 74.5 Å². The second-order valence-corrected chi connectivity index (χ2v) is 7.32. The molecule has 2 aliphatic rings. The summed E-state index contributed by atoms with van der Waals surface area (Å²) in [6.07, 6.45) is 2.57. The summed E-state index contributed by atoms with van der Waals surface area (Å²) < 4.78 is 16.4. The lowest BCUT2D eigenvalue weighted by molar-refractivity contribution is -0.385. The molecule has 152 valence electrons. The van der Waals surface area contributed by atoms with Crippen molar-refractivity contribution in [3.63, 3.8) is 0 Å². The SMILES string of the molecule is O=C(OCc1cc([N+](=O)[O-])cc2c1OCOC2)c1c2c(nc3ccccc13)CCC2. The number of carbonyl (C=O) groups excluding carboxylic acids is 1. The Hall–Kier alpha value is -3.52. The summed E-state index contributed by atoms with van der Waals surface area (Å²) in [6, 6.07) is 10.3. The maximum atomic E-state index is 13.1. The molecule has 0 atom stereocenters. The van der Waals surface area contributed by atoms with Gasteiger partial charge in [0, 0.05) is 34.3 Å². The van der Waals surface area contributed by atoms with Gasteiger partial charge in [-0.05, 0) is 30.9 Å². The molecule has 5 rings (SSSR count). The third kappa shape index (κ3) is 3.15. The van der Waals surface area contributed by atoms with Crippen LogP contribution in [0, 0.1) is 10.1 Å². The number of para-hydroxylation sites is 1. The minimum absolute atomic E-state index is 0.0499. The molecular weight excluding hydrogens is 388 g/mol. The van der Waals surface area contributed by atoms with Gasteiger partial charge in [0.15, 0.2) is 6.79 Å². The average molecular weight is 406 g/mol. The van der Waals surface area contributed by atoms with Crippen LogP contribution >= 0.6 is 0 Å². The summed E-state index contributed by atoms with van der Waals surface area (Å²) in [5, 5.41) is 12.0. The number of nitro groups is 1. The molecule has 0 unspecified atom stereocenters. The summed E-state index contributed by atoms with van der Waals surface area (Å²) in [7, 11) is 0. The highest BCUT2D eigenvalue weighted by atomic mass is 16.7. The third-order valence-electron chi connectivity index (χ3n) is 5.46. The van der Waals surface area contributed by atoms with Gasteiger partial charge in [-0.1, -0.05) is 18.2 Å².